The minimum atomic E-state index is -4.97. The molecule has 3 aromatic rings. The predicted molar refractivity (Wildman–Crippen MR) is 98.7 cm³/mol. The molecule has 7 nitrogen and oxygen atoms in total. The third-order valence-electron chi connectivity index (χ3n) is 4.38. The van der Waals surface area contributed by atoms with Crippen LogP contribution in [0.25, 0.3) is 5.82 Å². The normalized spacial score (nSPS) is 13.9. The molecule has 0 aliphatic heterocycles. The Morgan fingerprint density at radius 2 is 1.97 bits per heavy atom. The van der Waals surface area contributed by atoms with E-state index in [0.29, 0.717) is 10.8 Å². The first kappa shape index (κ1) is 20.9. The van der Waals surface area contributed by atoms with Gasteiger partial charge in [-0.1, -0.05) is 11.6 Å². The Morgan fingerprint density at radius 1 is 1.21 bits per heavy atom. The number of aliphatic hydroxyl groups is 1. The summed E-state index contributed by atoms with van der Waals surface area (Å²) < 4.78 is 43.1. The van der Waals surface area contributed by atoms with Gasteiger partial charge in [-0.3, -0.25) is 9.36 Å². The topological polar surface area (TPSA) is 85.0 Å². The minimum absolute atomic E-state index is 0.137. The number of carbonyl (C=O) groups excluding carboxylic acids is 1. The lowest BCUT2D eigenvalue weighted by Gasteiger charge is -2.30. The number of halogens is 4. The molecule has 0 aliphatic carbocycles. The van der Waals surface area contributed by atoms with E-state index < -0.39 is 36.5 Å². The van der Waals surface area contributed by atoms with Crippen molar-refractivity contribution in [2.45, 2.75) is 18.2 Å². The number of amides is 1. The van der Waals surface area contributed by atoms with Crippen LogP contribution in [0.2, 0.25) is 5.02 Å². The lowest BCUT2D eigenvalue weighted by Crippen LogP contribution is -2.46. The molecule has 0 saturated carbocycles. The van der Waals surface area contributed by atoms with E-state index >= 15 is 0 Å². The largest absolute Gasteiger partial charge is 0.424 e. The minimum Gasteiger partial charge on any atom is -0.374 e. The number of alkyl halides is 3. The summed E-state index contributed by atoms with van der Waals surface area (Å²) in [5, 5.41) is 13.0. The highest BCUT2D eigenvalue weighted by Crippen LogP contribution is 2.40. The van der Waals surface area contributed by atoms with Crippen LogP contribution < -0.4 is 5.32 Å². The predicted octanol–water partition coefficient (Wildman–Crippen LogP) is 2.83. The Kier molecular flexibility index (Phi) is 5.67. The Morgan fingerprint density at radius 3 is 2.59 bits per heavy atom. The van der Waals surface area contributed by atoms with E-state index in [-0.39, 0.29) is 5.69 Å². The van der Waals surface area contributed by atoms with Crippen molar-refractivity contribution >= 4 is 17.5 Å². The van der Waals surface area contributed by atoms with E-state index in [1.54, 1.807) is 24.4 Å². The van der Waals surface area contributed by atoms with Crippen molar-refractivity contribution in [1.82, 2.24) is 24.4 Å². The quantitative estimate of drug-likeness (QED) is 0.633. The molecule has 0 aromatic carbocycles. The second-order valence-electron chi connectivity index (χ2n) is 6.30. The Bertz CT molecular complexity index is 1020. The molecule has 0 bridgehead atoms. The molecule has 29 heavy (non-hydrogen) atoms. The average molecular weight is 428 g/mol. The van der Waals surface area contributed by atoms with Gasteiger partial charge in [0, 0.05) is 44.8 Å². The van der Waals surface area contributed by atoms with E-state index in [1.807, 2.05) is 0 Å². The van der Waals surface area contributed by atoms with Gasteiger partial charge in [0.15, 0.2) is 5.82 Å². The van der Waals surface area contributed by atoms with Crippen molar-refractivity contribution in [2.24, 2.45) is 7.05 Å². The first-order valence-electron chi connectivity index (χ1n) is 8.48. The lowest BCUT2D eigenvalue weighted by molar-refractivity contribution is -0.272. The van der Waals surface area contributed by atoms with E-state index in [1.165, 1.54) is 30.1 Å². The number of imidazole rings is 1. The molecule has 3 aromatic heterocycles. The van der Waals surface area contributed by atoms with Crippen LogP contribution in [0.3, 0.4) is 0 Å². The van der Waals surface area contributed by atoms with Crippen molar-refractivity contribution in [1.29, 1.82) is 0 Å². The van der Waals surface area contributed by atoms with Crippen LogP contribution in [-0.4, -0.2) is 42.8 Å². The molecule has 0 spiro atoms. The molecule has 11 heteroatoms. The number of aromatic nitrogens is 4. The highest BCUT2D eigenvalue weighted by Gasteiger charge is 2.57. The van der Waals surface area contributed by atoms with Gasteiger partial charge in [-0.25, -0.2) is 9.97 Å². The van der Waals surface area contributed by atoms with Gasteiger partial charge in [0.05, 0.1) is 5.02 Å². The summed E-state index contributed by atoms with van der Waals surface area (Å²) in [5.74, 6) is -0.881. The SMILES string of the molecule is Cn1ccnc1C(O)(CCNC(=O)c1cccn1-c1ncccc1Cl)C(F)(F)F. The summed E-state index contributed by atoms with van der Waals surface area (Å²) in [6.07, 6.45) is -0.263. The van der Waals surface area contributed by atoms with Crippen LogP contribution in [0.1, 0.15) is 22.7 Å². The molecule has 2 N–H and O–H groups in total. The van der Waals surface area contributed by atoms with Crippen LogP contribution in [-0.2, 0) is 12.6 Å². The van der Waals surface area contributed by atoms with Gasteiger partial charge < -0.3 is 15.0 Å². The van der Waals surface area contributed by atoms with Crippen molar-refractivity contribution in [3.63, 3.8) is 0 Å². The Labute approximate surface area is 168 Å². The Hall–Kier alpha value is -2.85. The summed E-state index contributed by atoms with van der Waals surface area (Å²) in [6, 6.07) is 6.29. The molecule has 0 fully saturated rings. The van der Waals surface area contributed by atoms with Gasteiger partial charge in [0.1, 0.15) is 11.5 Å². The maximum Gasteiger partial charge on any atom is 0.424 e. The average Bonchev–Trinajstić information content (AvgIpc) is 3.30. The number of aryl methyl sites for hydroxylation is 1. The summed E-state index contributed by atoms with van der Waals surface area (Å²) in [5.41, 5.74) is -3.07. The molecule has 0 saturated heterocycles. The first-order chi connectivity index (χ1) is 13.6. The van der Waals surface area contributed by atoms with Crippen molar-refractivity contribution in [3.05, 3.63) is 65.6 Å². The highest BCUT2D eigenvalue weighted by molar-refractivity contribution is 6.32. The summed E-state index contributed by atoms with van der Waals surface area (Å²) in [6.45, 7) is -0.442. The summed E-state index contributed by atoms with van der Waals surface area (Å²) in [7, 11) is 1.35. The molecule has 3 heterocycles. The highest BCUT2D eigenvalue weighted by atomic mass is 35.5. The zero-order valence-corrected chi connectivity index (χ0v) is 15.9. The first-order valence-corrected chi connectivity index (χ1v) is 8.86. The van der Waals surface area contributed by atoms with Crippen LogP contribution >= 0.6 is 11.6 Å². The smallest absolute Gasteiger partial charge is 0.374 e. The standard InChI is InChI=1S/C18H17ClF3N5O2/c1-26-11-9-25-16(26)17(29,18(20,21)22)6-8-24-15(28)13-5-3-10-27(13)14-12(19)4-2-7-23-14/h2-5,7,9-11,29H,6,8H2,1H3,(H,24,28). The summed E-state index contributed by atoms with van der Waals surface area (Å²) in [4.78, 5) is 20.2. The molecule has 1 unspecified atom stereocenters. The van der Waals surface area contributed by atoms with Crippen LogP contribution in [0, 0.1) is 0 Å². The number of pyridine rings is 1. The van der Waals surface area contributed by atoms with E-state index in [0.717, 1.165) is 10.8 Å². The third kappa shape index (κ3) is 3.99. The number of nitrogens with one attached hydrogen (secondary N) is 1. The van der Waals surface area contributed by atoms with Gasteiger partial charge in [0.25, 0.3) is 5.91 Å². The monoisotopic (exact) mass is 427 g/mol. The number of hydrogen-bond acceptors (Lipinski definition) is 4. The molecule has 154 valence electrons. The van der Waals surface area contributed by atoms with Gasteiger partial charge in [-0.15, -0.1) is 0 Å². The maximum absolute atomic E-state index is 13.5. The van der Waals surface area contributed by atoms with Crippen LogP contribution in [0.5, 0.6) is 0 Å². The fraction of sp³-hybridized carbons (Fsp3) is 0.278. The second-order valence-corrected chi connectivity index (χ2v) is 6.71. The molecular formula is C18H17ClF3N5O2. The van der Waals surface area contributed by atoms with Crippen molar-refractivity contribution < 1.29 is 23.1 Å². The fourth-order valence-electron chi connectivity index (χ4n) is 2.90. The number of rotatable bonds is 6. The van der Waals surface area contributed by atoms with Crippen LogP contribution in [0.4, 0.5) is 13.2 Å². The summed E-state index contributed by atoms with van der Waals surface area (Å²) >= 11 is 6.10. The number of carbonyl (C=O) groups is 1. The van der Waals surface area contributed by atoms with Gasteiger partial charge in [-0.2, -0.15) is 13.2 Å². The van der Waals surface area contributed by atoms with Crippen molar-refractivity contribution in [2.75, 3.05) is 6.54 Å². The third-order valence-corrected chi connectivity index (χ3v) is 4.68. The van der Waals surface area contributed by atoms with E-state index in [4.69, 9.17) is 11.6 Å². The maximum atomic E-state index is 13.5. The van der Waals surface area contributed by atoms with Crippen LogP contribution in [0.15, 0.2) is 49.1 Å². The Balaban J connectivity index is 1.76. The fourth-order valence-corrected chi connectivity index (χ4v) is 3.11. The second kappa shape index (κ2) is 7.88. The van der Waals surface area contributed by atoms with E-state index in [9.17, 15) is 23.1 Å². The van der Waals surface area contributed by atoms with Gasteiger partial charge in [0.2, 0.25) is 5.60 Å². The molecule has 0 radical (unpaired) electrons. The molecule has 1 amide bonds. The molecule has 0 aliphatic rings. The molecular weight excluding hydrogens is 411 g/mol. The molecule has 3 rings (SSSR count). The van der Waals surface area contributed by atoms with Gasteiger partial charge >= 0.3 is 6.18 Å². The zero-order valence-electron chi connectivity index (χ0n) is 15.2. The number of hydrogen-bond donors (Lipinski definition) is 2. The van der Waals surface area contributed by atoms with Crippen molar-refractivity contribution in [3.8, 4) is 5.82 Å². The van der Waals surface area contributed by atoms with E-state index in [2.05, 4.69) is 15.3 Å². The molecule has 1 atom stereocenters. The van der Waals surface area contributed by atoms with Gasteiger partial charge in [-0.05, 0) is 24.3 Å². The zero-order chi connectivity index (χ0) is 21.2. The number of nitrogens with zero attached hydrogens (tertiary/aromatic N) is 4. The lowest BCUT2D eigenvalue weighted by atomic mass is 9.97.